The van der Waals surface area contributed by atoms with Crippen molar-refractivity contribution >= 4 is 11.6 Å². The van der Waals surface area contributed by atoms with Gasteiger partial charge in [0.2, 0.25) is 0 Å². The number of carbonyl (C=O) groups is 1. The first-order valence-electron chi connectivity index (χ1n) is 5.20. The Labute approximate surface area is 96.5 Å². The number of hydrogen-bond donors (Lipinski definition) is 0. The van der Waals surface area contributed by atoms with Gasteiger partial charge in [0.25, 0.3) is 5.91 Å². The monoisotopic (exact) mass is 216 g/mol. The predicted molar refractivity (Wildman–Crippen MR) is 64.8 cm³/mol. The van der Waals surface area contributed by atoms with Gasteiger partial charge in [-0.15, -0.1) is 0 Å². The SMILES string of the molecule is [C-]#[N+]c1cc(C(=O)N(C)C)ccc1C(C)C. The summed E-state index contributed by atoms with van der Waals surface area (Å²) in [5.74, 6) is 0.229. The van der Waals surface area contributed by atoms with Gasteiger partial charge < -0.3 is 4.90 Å². The Morgan fingerprint density at radius 3 is 2.44 bits per heavy atom. The van der Waals surface area contributed by atoms with E-state index in [1.54, 1.807) is 26.2 Å². The van der Waals surface area contributed by atoms with Crippen molar-refractivity contribution in [1.29, 1.82) is 0 Å². The smallest absolute Gasteiger partial charge is 0.252 e. The van der Waals surface area contributed by atoms with Crippen LogP contribution in [0.4, 0.5) is 5.69 Å². The molecule has 1 aromatic carbocycles. The van der Waals surface area contributed by atoms with Gasteiger partial charge in [0.05, 0.1) is 6.57 Å². The number of hydrogen-bond acceptors (Lipinski definition) is 1. The molecule has 1 rings (SSSR count). The summed E-state index contributed by atoms with van der Waals surface area (Å²) in [5, 5.41) is 0. The molecule has 0 N–H and O–H groups in total. The van der Waals surface area contributed by atoms with Crippen LogP contribution in [0.5, 0.6) is 0 Å². The summed E-state index contributed by atoms with van der Waals surface area (Å²) in [6.45, 7) is 11.2. The molecule has 0 saturated heterocycles. The summed E-state index contributed by atoms with van der Waals surface area (Å²) >= 11 is 0. The van der Waals surface area contributed by atoms with Gasteiger partial charge in [0.1, 0.15) is 0 Å². The van der Waals surface area contributed by atoms with E-state index in [0.29, 0.717) is 17.2 Å². The minimum absolute atomic E-state index is 0.0693. The van der Waals surface area contributed by atoms with E-state index in [4.69, 9.17) is 6.57 Å². The van der Waals surface area contributed by atoms with Gasteiger partial charge in [-0.1, -0.05) is 26.0 Å². The Morgan fingerprint density at radius 1 is 1.38 bits per heavy atom. The van der Waals surface area contributed by atoms with Crippen molar-refractivity contribution in [1.82, 2.24) is 4.90 Å². The van der Waals surface area contributed by atoms with Gasteiger partial charge in [-0.25, -0.2) is 4.85 Å². The van der Waals surface area contributed by atoms with Crippen molar-refractivity contribution in [3.63, 3.8) is 0 Å². The highest BCUT2D eigenvalue weighted by Gasteiger charge is 2.12. The van der Waals surface area contributed by atoms with Crippen LogP contribution in [-0.4, -0.2) is 24.9 Å². The molecule has 0 saturated carbocycles. The summed E-state index contributed by atoms with van der Waals surface area (Å²) < 4.78 is 0. The first-order chi connectivity index (χ1) is 7.47. The van der Waals surface area contributed by atoms with Crippen LogP contribution in [0.2, 0.25) is 0 Å². The molecule has 0 bridgehead atoms. The molecule has 3 nitrogen and oxygen atoms in total. The van der Waals surface area contributed by atoms with Crippen molar-refractivity contribution in [2.75, 3.05) is 14.1 Å². The minimum atomic E-state index is -0.0693. The molecular weight excluding hydrogens is 200 g/mol. The fraction of sp³-hybridized carbons (Fsp3) is 0.385. The summed E-state index contributed by atoms with van der Waals surface area (Å²) in [7, 11) is 3.41. The van der Waals surface area contributed by atoms with Crippen LogP contribution in [0.25, 0.3) is 4.85 Å². The minimum Gasteiger partial charge on any atom is -0.345 e. The zero-order chi connectivity index (χ0) is 12.3. The lowest BCUT2D eigenvalue weighted by atomic mass is 9.99. The van der Waals surface area contributed by atoms with Gasteiger partial charge in [-0.2, -0.15) is 0 Å². The number of carbonyl (C=O) groups excluding carboxylic acids is 1. The standard InChI is InChI=1S/C13H16N2O/c1-9(2)11-7-6-10(8-12(11)14-3)13(16)15(4)5/h6-9H,1-2,4-5H3. The maximum Gasteiger partial charge on any atom is 0.252 e. The molecule has 0 unspecified atom stereocenters. The summed E-state index contributed by atoms with van der Waals surface area (Å²) in [4.78, 5) is 16.7. The summed E-state index contributed by atoms with van der Waals surface area (Å²) in [6.07, 6.45) is 0. The van der Waals surface area contributed by atoms with Crippen LogP contribution in [0.1, 0.15) is 35.7 Å². The highest BCUT2D eigenvalue weighted by molar-refractivity contribution is 5.95. The number of rotatable bonds is 2. The Balaban J connectivity index is 3.21. The van der Waals surface area contributed by atoms with E-state index >= 15 is 0 Å². The van der Waals surface area contributed by atoms with Crippen LogP contribution in [0, 0.1) is 6.57 Å². The van der Waals surface area contributed by atoms with Gasteiger partial charge in [0.15, 0.2) is 5.69 Å². The third-order valence-corrected chi connectivity index (χ3v) is 2.43. The zero-order valence-corrected chi connectivity index (χ0v) is 10.1. The van der Waals surface area contributed by atoms with Crippen LogP contribution in [0.3, 0.4) is 0 Å². The van der Waals surface area contributed by atoms with E-state index in [-0.39, 0.29) is 5.91 Å². The Hall–Kier alpha value is -1.82. The van der Waals surface area contributed by atoms with E-state index in [1.807, 2.05) is 19.9 Å². The summed E-state index contributed by atoms with van der Waals surface area (Å²) in [6, 6.07) is 5.33. The number of nitrogens with zero attached hydrogens (tertiary/aromatic N) is 2. The van der Waals surface area contributed by atoms with Gasteiger partial charge >= 0.3 is 0 Å². The molecule has 0 spiro atoms. The van der Waals surface area contributed by atoms with Crippen molar-refractivity contribution in [2.24, 2.45) is 0 Å². The van der Waals surface area contributed by atoms with Crippen molar-refractivity contribution in [3.05, 3.63) is 40.7 Å². The van der Waals surface area contributed by atoms with Gasteiger partial charge in [-0.3, -0.25) is 4.79 Å². The van der Waals surface area contributed by atoms with E-state index in [0.717, 1.165) is 5.56 Å². The average Bonchev–Trinajstić information content (AvgIpc) is 2.26. The molecule has 16 heavy (non-hydrogen) atoms. The number of amides is 1. The Morgan fingerprint density at radius 2 is 2.00 bits per heavy atom. The summed E-state index contributed by atoms with van der Waals surface area (Å²) in [5.41, 5.74) is 2.13. The second kappa shape index (κ2) is 4.80. The van der Waals surface area contributed by atoms with Crippen molar-refractivity contribution < 1.29 is 4.79 Å². The van der Waals surface area contributed by atoms with E-state index in [1.165, 1.54) is 4.90 Å². The first-order valence-corrected chi connectivity index (χ1v) is 5.20. The molecule has 0 radical (unpaired) electrons. The molecule has 84 valence electrons. The topological polar surface area (TPSA) is 24.7 Å². The van der Waals surface area contributed by atoms with Crippen LogP contribution in [-0.2, 0) is 0 Å². The third kappa shape index (κ3) is 2.40. The molecule has 0 aromatic heterocycles. The van der Waals surface area contributed by atoms with Gasteiger partial charge in [0, 0.05) is 19.7 Å². The quantitative estimate of drug-likeness (QED) is 0.697. The molecule has 0 atom stereocenters. The maximum absolute atomic E-state index is 11.7. The predicted octanol–water partition coefficient (Wildman–Crippen LogP) is 3.06. The third-order valence-electron chi connectivity index (χ3n) is 2.43. The Bertz CT molecular complexity index is 442. The molecule has 0 heterocycles. The van der Waals surface area contributed by atoms with E-state index < -0.39 is 0 Å². The van der Waals surface area contributed by atoms with Crippen LogP contribution < -0.4 is 0 Å². The molecule has 1 amide bonds. The fourth-order valence-electron chi connectivity index (χ4n) is 1.52. The molecule has 1 aromatic rings. The van der Waals surface area contributed by atoms with Crippen molar-refractivity contribution in [3.8, 4) is 0 Å². The number of benzene rings is 1. The van der Waals surface area contributed by atoms with Crippen molar-refractivity contribution in [2.45, 2.75) is 19.8 Å². The largest absolute Gasteiger partial charge is 0.345 e. The second-order valence-electron chi connectivity index (χ2n) is 4.24. The molecule has 0 aliphatic heterocycles. The normalized spacial score (nSPS) is 10.0. The van der Waals surface area contributed by atoms with E-state index in [2.05, 4.69) is 4.85 Å². The lowest BCUT2D eigenvalue weighted by Crippen LogP contribution is -2.21. The highest BCUT2D eigenvalue weighted by atomic mass is 16.2. The molecule has 0 aliphatic rings. The molecule has 0 aliphatic carbocycles. The van der Waals surface area contributed by atoms with Crippen LogP contribution >= 0.6 is 0 Å². The molecule has 0 fully saturated rings. The highest BCUT2D eigenvalue weighted by Crippen LogP contribution is 2.28. The Kier molecular flexibility index (Phi) is 3.68. The zero-order valence-electron chi connectivity index (χ0n) is 10.1. The van der Waals surface area contributed by atoms with E-state index in [9.17, 15) is 4.79 Å². The molecule has 3 heteroatoms. The lowest BCUT2D eigenvalue weighted by molar-refractivity contribution is 0.0827. The van der Waals surface area contributed by atoms with Crippen LogP contribution in [0.15, 0.2) is 18.2 Å². The maximum atomic E-state index is 11.7. The average molecular weight is 216 g/mol. The lowest BCUT2D eigenvalue weighted by Gasteiger charge is -2.13. The second-order valence-corrected chi connectivity index (χ2v) is 4.24. The molecular formula is C13H16N2O. The van der Waals surface area contributed by atoms with Gasteiger partial charge in [-0.05, 0) is 17.5 Å². The fourth-order valence-corrected chi connectivity index (χ4v) is 1.52. The first kappa shape index (κ1) is 12.3.